The van der Waals surface area contributed by atoms with E-state index in [9.17, 15) is 0 Å². The molecule has 0 aliphatic rings. The van der Waals surface area contributed by atoms with Crippen molar-refractivity contribution in [3.05, 3.63) is 109 Å². The van der Waals surface area contributed by atoms with Gasteiger partial charge in [-0.1, -0.05) is 103 Å². The summed E-state index contributed by atoms with van der Waals surface area (Å²) >= 11 is 0. The van der Waals surface area contributed by atoms with E-state index in [1.807, 2.05) is 0 Å². The van der Waals surface area contributed by atoms with Gasteiger partial charge in [-0.05, 0) is 45.9 Å². The zero-order valence-electron chi connectivity index (χ0n) is 14.3. The summed E-state index contributed by atoms with van der Waals surface area (Å²) in [6, 6.07) is 36.5. The van der Waals surface area contributed by atoms with E-state index < -0.39 is 0 Å². The molecule has 0 spiro atoms. The Hall–Kier alpha value is -3.12. The molecule has 0 saturated carbocycles. The van der Waals surface area contributed by atoms with Crippen LogP contribution < -0.4 is 0 Å². The molecule has 0 N–H and O–H groups in total. The van der Waals surface area contributed by atoms with Crippen molar-refractivity contribution in [2.75, 3.05) is 0 Å². The van der Waals surface area contributed by atoms with Crippen molar-refractivity contribution in [1.82, 2.24) is 0 Å². The van der Waals surface area contributed by atoms with Gasteiger partial charge in [0.1, 0.15) is 0 Å². The van der Waals surface area contributed by atoms with E-state index in [4.69, 9.17) is 0 Å². The Labute approximate surface area is 149 Å². The molecule has 0 aliphatic heterocycles. The first-order valence-electron chi connectivity index (χ1n) is 8.64. The van der Waals surface area contributed by atoms with E-state index in [1.54, 1.807) is 0 Å². The summed E-state index contributed by atoms with van der Waals surface area (Å²) in [4.78, 5) is 0. The first-order chi connectivity index (χ1) is 12.3. The Morgan fingerprint density at radius 2 is 0.880 bits per heavy atom. The van der Waals surface area contributed by atoms with Crippen LogP contribution in [-0.2, 0) is 0 Å². The monoisotopic (exact) mass is 320 g/mol. The zero-order valence-corrected chi connectivity index (χ0v) is 14.3. The van der Waals surface area contributed by atoms with Crippen molar-refractivity contribution in [2.45, 2.75) is 6.92 Å². The molecule has 0 bridgehead atoms. The first kappa shape index (κ1) is 15.4. The third kappa shape index (κ3) is 2.99. The minimum absolute atomic E-state index is 1.25. The molecule has 0 nitrogen and oxygen atoms in total. The molecule has 0 atom stereocenters. The summed E-state index contributed by atoms with van der Waals surface area (Å²) in [6.07, 6.45) is 0. The predicted molar refractivity (Wildman–Crippen MR) is 107 cm³/mol. The van der Waals surface area contributed by atoms with Crippen LogP contribution in [0.4, 0.5) is 0 Å². The second-order valence-corrected chi connectivity index (χ2v) is 6.28. The molecule has 4 rings (SSSR count). The third-order valence-corrected chi connectivity index (χ3v) is 4.64. The standard InChI is InChI=1S/C25H20/c1-19-11-10-18-23(21-14-6-3-7-15-21)25(19)24-17-9-8-16-22(24)20-12-4-2-5-13-20/h2-18H,1H3. The summed E-state index contributed by atoms with van der Waals surface area (Å²) in [6.45, 7) is 2.20. The molecule has 25 heavy (non-hydrogen) atoms. The molecule has 0 aliphatic carbocycles. The Morgan fingerprint density at radius 3 is 1.52 bits per heavy atom. The van der Waals surface area contributed by atoms with Crippen LogP contribution in [0.25, 0.3) is 33.4 Å². The minimum atomic E-state index is 1.25. The van der Waals surface area contributed by atoms with Gasteiger partial charge in [0.2, 0.25) is 0 Å². The summed E-state index contributed by atoms with van der Waals surface area (Å²) in [7, 11) is 0. The van der Waals surface area contributed by atoms with Gasteiger partial charge in [-0.3, -0.25) is 0 Å². The highest BCUT2D eigenvalue weighted by Gasteiger charge is 2.14. The van der Waals surface area contributed by atoms with Gasteiger partial charge in [0, 0.05) is 0 Å². The number of hydrogen-bond donors (Lipinski definition) is 0. The van der Waals surface area contributed by atoms with Crippen molar-refractivity contribution in [3.63, 3.8) is 0 Å². The highest BCUT2D eigenvalue weighted by atomic mass is 14.2. The maximum atomic E-state index is 2.23. The van der Waals surface area contributed by atoms with Crippen LogP contribution in [-0.4, -0.2) is 0 Å². The molecule has 0 unspecified atom stereocenters. The Bertz CT molecular complexity index is 983. The van der Waals surface area contributed by atoms with Crippen molar-refractivity contribution in [1.29, 1.82) is 0 Å². The van der Waals surface area contributed by atoms with Crippen LogP contribution >= 0.6 is 0 Å². The van der Waals surface area contributed by atoms with E-state index >= 15 is 0 Å². The average molecular weight is 320 g/mol. The lowest BCUT2D eigenvalue weighted by molar-refractivity contribution is 1.45. The largest absolute Gasteiger partial charge is 0.0622 e. The molecule has 0 saturated heterocycles. The topological polar surface area (TPSA) is 0 Å². The molecule has 4 aromatic rings. The third-order valence-electron chi connectivity index (χ3n) is 4.64. The molecule has 0 fully saturated rings. The molecule has 0 heterocycles. The second kappa shape index (κ2) is 6.78. The molecule has 0 aromatic heterocycles. The summed E-state index contributed by atoms with van der Waals surface area (Å²) in [5.41, 5.74) is 8.95. The summed E-state index contributed by atoms with van der Waals surface area (Å²) in [5.74, 6) is 0. The van der Waals surface area contributed by atoms with Crippen LogP contribution in [0.2, 0.25) is 0 Å². The van der Waals surface area contributed by atoms with Gasteiger partial charge in [0.05, 0.1) is 0 Å². The Morgan fingerprint density at radius 1 is 0.400 bits per heavy atom. The SMILES string of the molecule is Cc1cccc(-c2ccccc2)c1-c1ccccc1-c1ccccc1. The first-order valence-corrected chi connectivity index (χ1v) is 8.64. The lowest BCUT2D eigenvalue weighted by Crippen LogP contribution is -1.92. The van der Waals surface area contributed by atoms with Crippen LogP contribution in [0.3, 0.4) is 0 Å². The van der Waals surface area contributed by atoms with Gasteiger partial charge < -0.3 is 0 Å². The molecule has 0 heteroatoms. The fraction of sp³-hybridized carbons (Fsp3) is 0.0400. The average Bonchev–Trinajstić information content (AvgIpc) is 2.69. The smallest absolute Gasteiger partial charge is 0.00699 e. The number of hydrogen-bond acceptors (Lipinski definition) is 0. The number of aryl methyl sites for hydroxylation is 1. The zero-order chi connectivity index (χ0) is 17.1. The van der Waals surface area contributed by atoms with Gasteiger partial charge in [-0.2, -0.15) is 0 Å². The van der Waals surface area contributed by atoms with Crippen molar-refractivity contribution in [2.24, 2.45) is 0 Å². The van der Waals surface area contributed by atoms with Crippen LogP contribution in [0.5, 0.6) is 0 Å². The number of benzene rings is 4. The lowest BCUT2D eigenvalue weighted by atomic mass is 9.87. The molecule has 0 radical (unpaired) electrons. The van der Waals surface area contributed by atoms with Crippen molar-refractivity contribution in [3.8, 4) is 33.4 Å². The van der Waals surface area contributed by atoms with Gasteiger partial charge in [0.15, 0.2) is 0 Å². The minimum Gasteiger partial charge on any atom is -0.0622 e. The Balaban J connectivity index is 1.99. The summed E-state index contributed by atoms with van der Waals surface area (Å²) < 4.78 is 0. The van der Waals surface area contributed by atoms with E-state index in [-0.39, 0.29) is 0 Å². The summed E-state index contributed by atoms with van der Waals surface area (Å²) in [5, 5.41) is 0. The van der Waals surface area contributed by atoms with Gasteiger partial charge in [0.25, 0.3) is 0 Å². The quantitative estimate of drug-likeness (QED) is 0.381. The van der Waals surface area contributed by atoms with E-state index in [0.29, 0.717) is 0 Å². The lowest BCUT2D eigenvalue weighted by Gasteiger charge is -2.17. The van der Waals surface area contributed by atoms with Crippen molar-refractivity contribution < 1.29 is 0 Å². The van der Waals surface area contributed by atoms with Gasteiger partial charge in [-0.15, -0.1) is 0 Å². The van der Waals surface area contributed by atoms with Crippen molar-refractivity contribution >= 4 is 0 Å². The highest BCUT2D eigenvalue weighted by Crippen LogP contribution is 2.39. The van der Waals surface area contributed by atoms with Crippen LogP contribution in [0.15, 0.2) is 103 Å². The van der Waals surface area contributed by atoms with Gasteiger partial charge >= 0.3 is 0 Å². The number of rotatable bonds is 3. The van der Waals surface area contributed by atoms with Gasteiger partial charge in [-0.25, -0.2) is 0 Å². The second-order valence-electron chi connectivity index (χ2n) is 6.28. The molecular formula is C25H20. The van der Waals surface area contributed by atoms with E-state index in [2.05, 4.69) is 110 Å². The Kier molecular flexibility index (Phi) is 4.18. The molecule has 120 valence electrons. The fourth-order valence-electron chi connectivity index (χ4n) is 3.45. The maximum absolute atomic E-state index is 2.23. The maximum Gasteiger partial charge on any atom is -0.00699 e. The molecular weight excluding hydrogens is 300 g/mol. The van der Waals surface area contributed by atoms with Crippen LogP contribution in [0.1, 0.15) is 5.56 Å². The van der Waals surface area contributed by atoms with Crippen LogP contribution in [0, 0.1) is 6.92 Å². The predicted octanol–water partition coefficient (Wildman–Crippen LogP) is 7.00. The van der Waals surface area contributed by atoms with E-state index in [0.717, 1.165) is 0 Å². The fourth-order valence-corrected chi connectivity index (χ4v) is 3.45. The normalized spacial score (nSPS) is 10.6. The molecule has 4 aromatic carbocycles. The molecule has 0 amide bonds. The van der Waals surface area contributed by atoms with E-state index in [1.165, 1.54) is 38.9 Å². The highest BCUT2D eigenvalue weighted by molar-refractivity contribution is 5.93.